The SMILES string of the molecule is O=C(CCc1ncccn1)C1CC1. The molecule has 0 aromatic carbocycles. The summed E-state index contributed by atoms with van der Waals surface area (Å²) >= 11 is 0. The van der Waals surface area contributed by atoms with Crippen LogP contribution in [0.2, 0.25) is 0 Å². The summed E-state index contributed by atoms with van der Waals surface area (Å²) in [6.45, 7) is 0. The van der Waals surface area contributed by atoms with Crippen molar-refractivity contribution in [3.63, 3.8) is 0 Å². The third kappa shape index (κ3) is 2.34. The molecule has 0 radical (unpaired) electrons. The minimum absolute atomic E-state index is 0.365. The number of aromatic nitrogens is 2. The van der Waals surface area contributed by atoms with E-state index in [9.17, 15) is 4.79 Å². The topological polar surface area (TPSA) is 42.9 Å². The van der Waals surface area contributed by atoms with Crippen LogP contribution in [-0.2, 0) is 11.2 Å². The zero-order valence-corrected chi connectivity index (χ0v) is 7.44. The van der Waals surface area contributed by atoms with E-state index >= 15 is 0 Å². The highest BCUT2D eigenvalue weighted by atomic mass is 16.1. The van der Waals surface area contributed by atoms with Crippen LogP contribution in [0.1, 0.15) is 25.1 Å². The number of hydrogen-bond acceptors (Lipinski definition) is 3. The highest BCUT2D eigenvalue weighted by molar-refractivity contribution is 5.83. The summed E-state index contributed by atoms with van der Waals surface area (Å²) in [7, 11) is 0. The van der Waals surface area contributed by atoms with Crippen LogP contribution in [0.3, 0.4) is 0 Å². The van der Waals surface area contributed by atoms with Crippen LogP contribution < -0.4 is 0 Å². The maximum absolute atomic E-state index is 11.3. The number of carbonyl (C=O) groups is 1. The molecule has 3 nitrogen and oxygen atoms in total. The lowest BCUT2D eigenvalue weighted by Crippen LogP contribution is -2.04. The maximum atomic E-state index is 11.3. The van der Waals surface area contributed by atoms with Gasteiger partial charge in [0, 0.05) is 31.2 Å². The maximum Gasteiger partial charge on any atom is 0.136 e. The van der Waals surface area contributed by atoms with Crippen LogP contribution in [0.4, 0.5) is 0 Å². The molecule has 0 saturated heterocycles. The van der Waals surface area contributed by atoms with E-state index < -0.39 is 0 Å². The van der Waals surface area contributed by atoms with E-state index in [4.69, 9.17) is 0 Å². The fraction of sp³-hybridized carbons (Fsp3) is 0.500. The van der Waals surface area contributed by atoms with Crippen molar-refractivity contribution in [3.8, 4) is 0 Å². The van der Waals surface area contributed by atoms with Gasteiger partial charge < -0.3 is 0 Å². The molecule has 1 aliphatic carbocycles. The molecule has 68 valence electrons. The van der Waals surface area contributed by atoms with Gasteiger partial charge in [0.1, 0.15) is 11.6 Å². The van der Waals surface area contributed by atoms with Crippen molar-refractivity contribution in [1.29, 1.82) is 0 Å². The summed E-state index contributed by atoms with van der Waals surface area (Å²) in [5.41, 5.74) is 0. The highest BCUT2D eigenvalue weighted by Gasteiger charge is 2.28. The van der Waals surface area contributed by atoms with Crippen molar-refractivity contribution < 1.29 is 4.79 Å². The lowest BCUT2D eigenvalue weighted by Gasteiger charge is -1.97. The van der Waals surface area contributed by atoms with E-state index in [1.54, 1.807) is 18.5 Å². The summed E-state index contributed by atoms with van der Waals surface area (Å²) < 4.78 is 0. The van der Waals surface area contributed by atoms with E-state index in [0.29, 0.717) is 24.5 Å². The Morgan fingerprint density at radius 3 is 2.69 bits per heavy atom. The van der Waals surface area contributed by atoms with Crippen molar-refractivity contribution >= 4 is 5.78 Å². The average molecular weight is 176 g/mol. The van der Waals surface area contributed by atoms with Gasteiger partial charge in [0.15, 0.2) is 0 Å². The van der Waals surface area contributed by atoms with Crippen LogP contribution in [-0.4, -0.2) is 15.8 Å². The first-order valence-corrected chi connectivity index (χ1v) is 4.65. The third-order valence-electron chi connectivity index (χ3n) is 2.25. The molecule has 1 aromatic rings. The molecular weight excluding hydrogens is 164 g/mol. The second-order valence-electron chi connectivity index (χ2n) is 3.41. The Morgan fingerprint density at radius 2 is 2.08 bits per heavy atom. The van der Waals surface area contributed by atoms with Crippen LogP contribution in [0.25, 0.3) is 0 Å². The van der Waals surface area contributed by atoms with Crippen molar-refractivity contribution in [1.82, 2.24) is 9.97 Å². The van der Waals surface area contributed by atoms with Gasteiger partial charge in [-0.3, -0.25) is 4.79 Å². The van der Waals surface area contributed by atoms with Gasteiger partial charge in [-0.05, 0) is 18.9 Å². The summed E-state index contributed by atoms with van der Waals surface area (Å²) in [6.07, 6.45) is 6.90. The number of rotatable bonds is 4. The number of Topliss-reactive ketones (excluding diaryl/α,β-unsaturated/α-hetero) is 1. The van der Waals surface area contributed by atoms with E-state index in [-0.39, 0.29) is 0 Å². The predicted octanol–water partition coefficient (Wildman–Crippen LogP) is 1.39. The second kappa shape index (κ2) is 3.64. The molecule has 0 amide bonds. The lowest BCUT2D eigenvalue weighted by atomic mass is 10.1. The van der Waals surface area contributed by atoms with Crippen molar-refractivity contribution in [3.05, 3.63) is 24.3 Å². The average Bonchev–Trinajstić information content (AvgIpc) is 2.99. The van der Waals surface area contributed by atoms with Crippen molar-refractivity contribution in [2.24, 2.45) is 5.92 Å². The third-order valence-corrected chi connectivity index (χ3v) is 2.25. The second-order valence-corrected chi connectivity index (χ2v) is 3.41. The van der Waals surface area contributed by atoms with Crippen molar-refractivity contribution in [2.45, 2.75) is 25.7 Å². The van der Waals surface area contributed by atoms with Crippen LogP contribution >= 0.6 is 0 Å². The van der Waals surface area contributed by atoms with Crippen LogP contribution in [0.15, 0.2) is 18.5 Å². The zero-order valence-electron chi connectivity index (χ0n) is 7.44. The van der Waals surface area contributed by atoms with Gasteiger partial charge in [-0.1, -0.05) is 0 Å². The summed E-state index contributed by atoms with van der Waals surface area (Å²) in [5, 5.41) is 0. The number of ketones is 1. The Hall–Kier alpha value is -1.25. The Labute approximate surface area is 77.2 Å². The Kier molecular flexibility index (Phi) is 2.34. The molecule has 0 atom stereocenters. The summed E-state index contributed by atoms with van der Waals surface area (Å²) in [5.74, 6) is 1.52. The van der Waals surface area contributed by atoms with E-state index in [1.165, 1.54) is 0 Å². The minimum Gasteiger partial charge on any atom is -0.299 e. The van der Waals surface area contributed by atoms with Gasteiger partial charge in [-0.2, -0.15) is 0 Å². The Bertz CT molecular complexity index is 293. The molecule has 1 aromatic heterocycles. The summed E-state index contributed by atoms with van der Waals surface area (Å²) in [4.78, 5) is 19.5. The van der Waals surface area contributed by atoms with Crippen molar-refractivity contribution in [2.75, 3.05) is 0 Å². The fourth-order valence-corrected chi connectivity index (χ4v) is 1.30. The van der Waals surface area contributed by atoms with Gasteiger partial charge in [0.2, 0.25) is 0 Å². The van der Waals surface area contributed by atoms with Crippen LogP contribution in [0, 0.1) is 5.92 Å². The number of nitrogens with zero attached hydrogens (tertiary/aromatic N) is 2. The quantitative estimate of drug-likeness (QED) is 0.696. The molecule has 3 heteroatoms. The van der Waals surface area contributed by atoms with Gasteiger partial charge in [0.25, 0.3) is 0 Å². The standard InChI is InChI=1S/C10H12N2O/c13-9(8-2-3-8)4-5-10-11-6-1-7-12-10/h1,6-8H,2-5H2. The van der Waals surface area contributed by atoms with Gasteiger partial charge in [0.05, 0.1) is 0 Å². The van der Waals surface area contributed by atoms with Gasteiger partial charge >= 0.3 is 0 Å². The molecule has 0 N–H and O–H groups in total. The predicted molar refractivity (Wildman–Crippen MR) is 48.1 cm³/mol. The fourth-order valence-electron chi connectivity index (χ4n) is 1.30. The van der Waals surface area contributed by atoms with Gasteiger partial charge in [-0.15, -0.1) is 0 Å². The van der Waals surface area contributed by atoms with E-state index in [0.717, 1.165) is 18.7 Å². The Balaban J connectivity index is 1.82. The number of carbonyl (C=O) groups excluding carboxylic acids is 1. The minimum atomic E-state index is 0.365. The lowest BCUT2D eigenvalue weighted by molar-refractivity contribution is -0.120. The van der Waals surface area contributed by atoms with E-state index in [1.807, 2.05) is 0 Å². The largest absolute Gasteiger partial charge is 0.299 e. The smallest absolute Gasteiger partial charge is 0.136 e. The van der Waals surface area contributed by atoms with Crippen LogP contribution in [0.5, 0.6) is 0 Å². The molecule has 1 aliphatic rings. The molecule has 1 fully saturated rings. The highest BCUT2D eigenvalue weighted by Crippen LogP contribution is 2.30. The van der Waals surface area contributed by atoms with Gasteiger partial charge in [-0.25, -0.2) is 9.97 Å². The summed E-state index contributed by atoms with van der Waals surface area (Å²) in [6, 6.07) is 1.78. The molecule has 0 spiro atoms. The molecule has 1 heterocycles. The molecule has 2 rings (SSSR count). The number of hydrogen-bond donors (Lipinski definition) is 0. The first-order chi connectivity index (χ1) is 6.36. The normalized spacial score (nSPS) is 15.7. The molecule has 0 bridgehead atoms. The molecular formula is C10H12N2O. The Morgan fingerprint density at radius 1 is 1.38 bits per heavy atom. The molecule has 13 heavy (non-hydrogen) atoms. The zero-order chi connectivity index (χ0) is 9.10. The molecule has 0 unspecified atom stereocenters. The molecule has 0 aliphatic heterocycles. The molecule has 1 saturated carbocycles. The first-order valence-electron chi connectivity index (χ1n) is 4.65. The number of aryl methyl sites for hydroxylation is 1. The monoisotopic (exact) mass is 176 g/mol. The first kappa shape index (κ1) is 8.35. The van der Waals surface area contributed by atoms with E-state index in [2.05, 4.69) is 9.97 Å².